The molecule has 0 saturated carbocycles. The van der Waals surface area contributed by atoms with Gasteiger partial charge in [-0.15, -0.1) is 12.4 Å². The fourth-order valence-corrected chi connectivity index (χ4v) is 2.77. The highest BCUT2D eigenvalue weighted by molar-refractivity contribution is 5.85. The summed E-state index contributed by atoms with van der Waals surface area (Å²) in [5.74, 6) is 0.179. The van der Waals surface area contributed by atoms with Gasteiger partial charge in [-0.3, -0.25) is 4.79 Å². The molecule has 0 radical (unpaired) electrons. The van der Waals surface area contributed by atoms with E-state index in [-0.39, 0.29) is 35.9 Å². The van der Waals surface area contributed by atoms with Crippen molar-refractivity contribution in [2.75, 3.05) is 19.6 Å². The third kappa shape index (κ3) is 3.16. The van der Waals surface area contributed by atoms with Crippen molar-refractivity contribution in [2.24, 2.45) is 11.1 Å². The van der Waals surface area contributed by atoms with E-state index in [0.29, 0.717) is 6.54 Å². The second-order valence-electron chi connectivity index (χ2n) is 5.76. The fourth-order valence-electron chi connectivity index (χ4n) is 2.77. The van der Waals surface area contributed by atoms with Gasteiger partial charge in [-0.2, -0.15) is 0 Å². The Hall–Kier alpha value is -0.320. The fraction of sp³-hybridized carbons (Fsp3) is 0.923. The van der Waals surface area contributed by atoms with Crippen molar-refractivity contribution in [1.29, 1.82) is 0 Å². The summed E-state index contributed by atoms with van der Waals surface area (Å²) in [6.45, 7) is 6.55. The molecule has 0 spiro atoms. The number of amides is 1. The third-order valence-corrected chi connectivity index (χ3v) is 4.20. The zero-order valence-electron chi connectivity index (χ0n) is 11.4. The van der Waals surface area contributed by atoms with Crippen molar-refractivity contribution in [3.8, 4) is 0 Å². The van der Waals surface area contributed by atoms with Crippen molar-refractivity contribution in [2.45, 2.75) is 51.7 Å². The van der Waals surface area contributed by atoms with E-state index in [1.165, 1.54) is 0 Å². The molecule has 0 aliphatic carbocycles. The highest BCUT2D eigenvalue weighted by Crippen LogP contribution is 2.31. The Labute approximate surface area is 116 Å². The molecule has 3 unspecified atom stereocenters. The molecule has 18 heavy (non-hydrogen) atoms. The first-order chi connectivity index (χ1) is 8.08. The van der Waals surface area contributed by atoms with Crippen LogP contribution in [0.1, 0.15) is 39.5 Å². The van der Waals surface area contributed by atoms with E-state index in [9.17, 15) is 4.79 Å². The van der Waals surface area contributed by atoms with E-state index >= 15 is 0 Å². The normalized spacial score (nSPS) is 35.6. The van der Waals surface area contributed by atoms with Crippen LogP contribution in [-0.4, -0.2) is 42.6 Å². The largest absolute Gasteiger partial charge is 0.365 e. The van der Waals surface area contributed by atoms with E-state index in [4.69, 9.17) is 10.5 Å². The van der Waals surface area contributed by atoms with Crippen LogP contribution in [0.15, 0.2) is 0 Å². The maximum atomic E-state index is 12.3. The summed E-state index contributed by atoms with van der Waals surface area (Å²) in [6.07, 6.45) is 4.01. The predicted molar refractivity (Wildman–Crippen MR) is 73.8 cm³/mol. The van der Waals surface area contributed by atoms with Gasteiger partial charge in [0, 0.05) is 13.1 Å². The summed E-state index contributed by atoms with van der Waals surface area (Å²) in [5, 5.41) is 0. The number of carbonyl (C=O) groups is 1. The molecule has 5 heteroatoms. The SMILES string of the molecule is CCC1CCC(C(=O)N2CCC(C)(CN)C2)O1.Cl. The zero-order chi connectivity index (χ0) is 12.5. The van der Waals surface area contributed by atoms with Gasteiger partial charge in [0.25, 0.3) is 5.91 Å². The van der Waals surface area contributed by atoms with Crippen molar-refractivity contribution in [3.05, 3.63) is 0 Å². The number of ether oxygens (including phenoxy) is 1. The van der Waals surface area contributed by atoms with Crippen molar-refractivity contribution >= 4 is 18.3 Å². The van der Waals surface area contributed by atoms with E-state index < -0.39 is 0 Å². The topological polar surface area (TPSA) is 55.6 Å². The Balaban J connectivity index is 0.00000162. The van der Waals surface area contributed by atoms with Crippen molar-refractivity contribution in [1.82, 2.24) is 4.90 Å². The van der Waals surface area contributed by atoms with Crippen LogP contribution in [0.3, 0.4) is 0 Å². The number of nitrogens with two attached hydrogens (primary N) is 1. The molecule has 3 atom stereocenters. The van der Waals surface area contributed by atoms with Gasteiger partial charge in [0.1, 0.15) is 6.10 Å². The van der Waals surface area contributed by atoms with E-state index in [2.05, 4.69) is 13.8 Å². The van der Waals surface area contributed by atoms with Crippen LogP contribution < -0.4 is 5.73 Å². The molecule has 2 rings (SSSR count). The van der Waals surface area contributed by atoms with E-state index in [1.54, 1.807) is 0 Å². The first-order valence-electron chi connectivity index (χ1n) is 6.72. The van der Waals surface area contributed by atoms with Crippen LogP contribution in [-0.2, 0) is 9.53 Å². The lowest BCUT2D eigenvalue weighted by molar-refractivity contribution is -0.142. The number of rotatable bonds is 3. The van der Waals surface area contributed by atoms with Crippen LogP contribution in [0.25, 0.3) is 0 Å². The van der Waals surface area contributed by atoms with Crippen LogP contribution >= 0.6 is 12.4 Å². The Morgan fingerprint density at radius 2 is 2.22 bits per heavy atom. The molecule has 2 N–H and O–H groups in total. The Kier molecular flexibility index (Phi) is 5.44. The highest BCUT2D eigenvalue weighted by atomic mass is 35.5. The Morgan fingerprint density at radius 1 is 1.50 bits per heavy atom. The van der Waals surface area contributed by atoms with Gasteiger partial charge in [-0.25, -0.2) is 0 Å². The summed E-state index contributed by atoms with van der Waals surface area (Å²) < 4.78 is 5.76. The lowest BCUT2D eigenvalue weighted by Crippen LogP contribution is -2.40. The molecule has 106 valence electrons. The van der Waals surface area contributed by atoms with Crippen molar-refractivity contribution in [3.63, 3.8) is 0 Å². The van der Waals surface area contributed by atoms with E-state index in [1.807, 2.05) is 4.90 Å². The van der Waals surface area contributed by atoms with Gasteiger partial charge < -0.3 is 15.4 Å². The summed E-state index contributed by atoms with van der Waals surface area (Å²) in [5.41, 5.74) is 5.87. The molecule has 2 aliphatic heterocycles. The summed E-state index contributed by atoms with van der Waals surface area (Å²) >= 11 is 0. The van der Waals surface area contributed by atoms with E-state index in [0.717, 1.165) is 38.8 Å². The van der Waals surface area contributed by atoms with Crippen LogP contribution in [0.2, 0.25) is 0 Å². The van der Waals surface area contributed by atoms with Crippen LogP contribution in [0.5, 0.6) is 0 Å². The van der Waals surface area contributed by atoms with Gasteiger partial charge in [0.15, 0.2) is 0 Å². The number of hydrogen-bond donors (Lipinski definition) is 1. The molecule has 4 nitrogen and oxygen atoms in total. The smallest absolute Gasteiger partial charge is 0.251 e. The molecule has 0 bridgehead atoms. The molecule has 0 aromatic rings. The monoisotopic (exact) mass is 276 g/mol. The standard InChI is InChI=1S/C13H24N2O2.ClH/c1-3-10-4-5-11(17-10)12(16)15-7-6-13(2,8-14)9-15;/h10-11H,3-9,14H2,1-2H3;1H. The second-order valence-corrected chi connectivity index (χ2v) is 5.76. The molecular formula is C13H25ClN2O2. The molecule has 2 fully saturated rings. The molecule has 0 aromatic heterocycles. The molecule has 1 amide bonds. The first kappa shape index (κ1) is 15.7. The van der Waals surface area contributed by atoms with Gasteiger partial charge >= 0.3 is 0 Å². The average Bonchev–Trinajstić information content (AvgIpc) is 2.95. The van der Waals surface area contributed by atoms with Gasteiger partial charge in [0.2, 0.25) is 0 Å². The molecular weight excluding hydrogens is 252 g/mol. The number of likely N-dealkylation sites (tertiary alicyclic amines) is 1. The lowest BCUT2D eigenvalue weighted by atomic mass is 9.90. The first-order valence-corrected chi connectivity index (χ1v) is 6.72. The maximum absolute atomic E-state index is 12.3. The van der Waals surface area contributed by atoms with Gasteiger partial charge in [-0.1, -0.05) is 13.8 Å². The van der Waals surface area contributed by atoms with Crippen LogP contribution in [0.4, 0.5) is 0 Å². The number of nitrogens with zero attached hydrogens (tertiary/aromatic N) is 1. The maximum Gasteiger partial charge on any atom is 0.251 e. The molecule has 0 aromatic carbocycles. The molecule has 2 heterocycles. The average molecular weight is 277 g/mol. The van der Waals surface area contributed by atoms with Crippen molar-refractivity contribution < 1.29 is 9.53 Å². The zero-order valence-corrected chi connectivity index (χ0v) is 12.2. The minimum absolute atomic E-state index is 0. The van der Waals surface area contributed by atoms with Crippen LogP contribution in [0, 0.1) is 5.41 Å². The minimum Gasteiger partial charge on any atom is -0.365 e. The summed E-state index contributed by atoms with van der Waals surface area (Å²) in [7, 11) is 0. The van der Waals surface area contributed by atoms with Gasteiger partial charge in [-0.05, 0) is 37.6 Å². The predicted octanol–water partition coefficient (Wildman–Crippen LogP) is 1.56. The number of halogens is 1. The molecule has 2 saturated heterocycles. The van der Waals surface area contributed by atoms with Gasteiger partial charge in [0.05, 0.1) is 6.10 Å². The second kappa shape index (κ2) is 6.22. The Bertz CT molecular complexity index is 301. The summed E-state index contributed by atoms with van der Waals surface area (Å²) in [4.78, 5) is 14.2. The number of hydrogen-bond acceptors (Lipinski definition) is 3. The minimum atomic E-state index is -0.194. The Morgan fingerprint density at radius 3 is 2.72 bits per heavy atom. The molecule has 2 aliphatic rings. The summed E-state index contributed by atoms with van der Waals surface area (Å²) in [6, 6.07) is 0. The lowest BCUT2D eigenvalue weighted by Gasteiger charge is -2.24. The highest BCUT2D eigenvalue weighted by Gasteiger charge is 2.39. The quantitative estimate of drug-likeness (QED) is 0.851. The number of carbonyl (C=O) groups excluding carboxylic acids is 1. The third-order valence-electron chi connectivity index (χ3n) is 4.20.